The van der Waals surface area contributed by atoms with Gasteiger partial charge in [0.25, 0.3) is 0 Å². The van der Waals surface area contributed by atoms with Crippen LogP contribution in [0.25, 0.3) is 11.3 Å². The van der Waals surface area contributed by atoms with Crippen LogP contribution < -0.4 is 10.3 Å². The van der Waals surface area contributed by atoms with Gasteiger partial charge in [0, 0.05) is 10.4 Å². The van der Waals surface area contributed by atoms with Crippen molar-refractivity contribution in [2.75, 3.05) is 5.73 Å². The summed E-state index contributed by atoms with van der Waals surface area (Å²) in [6, 6.07) is 5.02. The van der Waals surface area contributed by atoms with E-state index in [9.17, 15) is 4.57 Å². The lowest BCUT2D eigenvalue weighted by Gasteiger charge is -2.10. The molecule has 2 aromatic rings. The van der Waals surface area contributed by atoms with Crippen molar-refractivity contribution in [3.05, 3.63) is 28.6 Å². The van der Waals surface area contributed by atoms with Crippen molar-refractivity contribution in [1.82, 2.24) is 4.98 Å². The van der Waals surface area contributed by atoms with E-state index >= 15 is 0 Å². The first kappa shape index (κ1) is 13.6. The highest BCUT2D eigenvalue weighted by atomic mass is 32.1. The monoisotopic (exact) mass is 312 g/mol. The second kappa shape index (κ2) is 4.86. The third kappa shape index (κ3) is 2.71. The SMILES string of the molecule is Nc1nc2c(s1)CCCc1ccc(OP(=O)(O)O)cc1-2. The summed E-state index contributed by atoms with van der Waals surface area (Å²) < 4.78 is 15.6. The van der Waals surface area contributed by atoms with E-state index in [1.165, 1.54) is 11.3 Å². The minimum Gasteiger partial charge on any atom is -0.404 e. The molecule has 0 amide bonds. The Hall–Kier alpha value is -1.40. The van der Waals surface area contributed by atoms with Gasteiger partial charge < -0.3 is 10.3 Å². The molecular formula is C12H13N2O4PS. The summed E-state index contributed by atoms with van der Waals surface area (Å²) in [5.41, 5.74) is 8.49. The molecule has 0 unspecified atom stereocenters. The summed E-state index contributed by atoms with van der Waals surface area (Å²) in [7, 11) is -4.56. The van der Waals surface area contributed by atoms with Crippen molar-refractivity contribution < 1.29 is 18.9 Å². The quantitative estimate of drug-likeness (QED) is 0.735. The fourth-order valence-electron chi connectivity index (χ4n) is 2.38. The van der Waals surface area contributed by atoms with Gasteiger partial charge in [0.05, 0.1) is 5.69 Å². The lowest BCUT2D eigenvalue weighted by Crippen LogP contribution is -1.94. The number of fused-ring (bicyclic) bond motifs is 3. The maximum Gasteiger partial charge on any atom is 0.524 e. The van der Waals surface area contributed by atoms with E-state index in [1.807, 2.05) is 6.07 Å². The lowest BCUT2D eigenvalue weighted by molar-refractivity contribution is 0.283. The van der Waals surface area contributed by atoms with Crippen LogP contribution in [0.1, 0.15) is 16.9 Å². The molecular weight excluding hydrogens is 299 g/mol. The Morgan fingerprint density at radius 1 is 1.35 bits per heavy atom. The zero-order valence-electron chi connectivity index (χ0n) is 10.4. The normalized spacial score (nSPS) is 14.3. The van der Waals surface area contributed by atoms with Crippen LogP contribution in [0.3, 0.4) is 0 Å². The third-order valence-corrected chi connectivity index (χ3v) is 4.52. The number of nitrogens with zero attached hydrogens (tertiary/aromatic N) is 1. The van der Waals surface area contributed by atoms with E-state index < -0.39 is 7.82 Å². The fraction of sp³-hybridized carbons (Fsp3) is 0.250. The number of aryl methyl sites for hydroxylation is 2. The molecule has 0 saturated carbocycles. The third-order valence-electron chi connectivity index (χ3n) is 3.12. The molecule has 6 nitrogen and oxygen atoms in total. The van der Waals surface area contributed by atoms with Gasteiger partial charge >= 0.3 is 7.82 Å². The van der Waals surface area contributed by atoms with Crippen LogP contribution in [0.2, 0.25) is 0 Å². The van der Waals surface area contributed by atoms with Gasteiger partial charge in [-0.25, -0.2) is 9.55 Å². The Bertz CT molecular complexity index is 709. The number of anilines is 1. The summed E-state index contributed by atoms with van der Waals surface area (Å²) >= 11 is 1.46. The summed E-state index contributed by atoms with van der Waals surface area (Å²) in [5.74, 6) is 0.136. The minimum atomic E-state index is -4.56. The predicted octanol–water partition coefficient (Wildman–Crippen LogP) is 2.35. The molecule has 1 aromatic carbocycles. The summed E-state index contributed by atoms with van der Waals surface area (Å²) in [5, 5.41) is 0.504. The van der Waals surface area contributed by atoms with E-state index in [0.29, 0.717) is 5.13 Å². The van der Waals surface area contributed by atoms with Crippen molar-refractivity contribution >= 4 is 24.3 Å². The van der Waals surface area contributed by atoms with Gasteiger partial charge in [-0.1, -0.05) is 6.07 Å². The summed E-state index contributed by atoms with van der Waals surface area (Å²) in [4.78, 5) is 23.2. The lowest BCUT2D eigenvalue weighted by atomic mass is 10.0. The highest BCUT2D eigenvalue weighted by molar-refractivity contribution is 7.46. The smallest absolute Gasteiger partial charge is 0.404 e. The topological polar surface area (TPSA) is 106 Å². The molecule has 0 aliphatic heterocycles. The first-order valence-corrected chi connectivity index (χ1v) is 8.41. The Kier molecular flexibility index (Phi) is 3.30. The van der Waals surface area contributed by atoms with Crippen LogP contribution in [0.4, 0.5) is 5.13 Å². The molecule has 0 fully saturated rings. The average molecular weight is 312 g/mol. The van der Waals surface area contributed by atoms with E-state index in [1.54, 1.807) is 12.1 Å². The molecule has 1 aliphatic carbocycles. The number of phosphoric acid groups is 1. The number of hydrogen-bond acceptors (Lipinski definition) is 5. The fourth-order valence-corrected chi connectivity index (χ4v) is 3.65. The zero-order chi connectivity index (χ0) is 14.3. The van der Waals surface area contributed by atoms with Crippen LogP contribution in [0.5, 0.6) is 5.75 Å². The maximum atomic E-state index is 10.9. The predicted molar refractivity (Wildman–Crippen MR) is 76.7 cm³/mol. The Balaban J connectivity index is 2.10. The number of phosphoric ester groups is 1. The highest BCUT2D eigenvalue weighted by Crippen LogP contribution is 2.42. The summed E-state index contributed by atoms with van der Waals surface area (Å²) in [6.07, 6.45) is 2.81. The molecule has 0 bridgehead atoms. The number of nitrogen functional groups attached to an aromatic ring is 1. The number of aromatic nitrogens is 1. The van der Waals surface area contributed by atoms with E-state index in [4.69, 9.17) is 15.5 Å². The Labute approximate surface area is 119 Å². The molecule has 4 N–H and O–H groups in total. The average Bonchev–Trinajstić information content (AvgIpc) is 2.62. The highest BCUT2D eigenvalue weighted by Gasteiger charge is 2.21. The number of rotatable bonds is 2. The van der Waals surface area contributed by atoms with Crippen molar-refractivity contribution in [2.24, 2.45) is 0 Å². The van der Waals surface area contributed by atoms with Gasteiger partial charge in [0.15, 0.2) is 5.13 Å². The maximum absolute atomic E-state index is 10.9. The molecule has 0 radical (unpaired) electrons. The van der Waals surface area contributed by atoms with Crippen molar-refractivity contribution in [2.45, 2.75) is 19.3 Å². The number of thiazole rings is 1. The molecule has 0 atom stereocenters. The first-order chi connectivity index (χ1) is 9.42. The Morgan fingerprint density at radius 2 is 2.15 bits per heavy atom. The molecule has 0 spiro atoms. The van der Waals surface area contributed by atoms with E-state index in [0.717, 1.165) is 41.0 Å². The number of hydrogen-bond donors (Lipinski definition) is 3. The van der Waals surface area contributed by atoms with Gasteiger partial charge in [0.2, 0.25) is 0 Å². The minimum absolute atomic E-state index is 0.136. The van der Waals surface area contributed by atoms with Crippen LogP contribution in [-0.4, -0.2) is 14.8 Å². The van der Waals surface area contributed by atoms with Gasteiger partial charge in [-0.15, -0.1) is 11.3 Å². The molecule has 1 aromatic heterocycles. The first-order valence-electron chi connectivity index (χ1n) is 6.06. The van der Waals surface area contributed by atoms with Crippen molar-refractivity contribution in [3.63, 3.8) is 0 Å². The molecule has 0 saturated heterocycles. The summed E-state index contributed by atoms with van der Waals surface area (Å²) in [6.45, 7) is 0. The van der Waals surface area contributed by atoms with Gasteiger partial charge in [0.1, 0.15) is 5.75 Å². The molecule has 1 heterocycles. The Morgan fingerprint density at radius 3 is 2.90 bits per heavy atom. The van der Waals surface area contributed by atoms with Crippen LogP contribution in [0, 0.1) is 0 Å². The second-order valence-electron chi connectivity index (χ2n) is 4.58. The number of benzene rings is 1. The largest absolute Gasteiger partial charge is 0.524 e. The molecule has 1 aliphatic rings. The van der Waals surface area contributed by atoms with E-state index in [-0.39, 0.29) is 5.75 Å². The van der Waals surface area contributed by atoms with Crippen molar-refractivity contribution in [3.8, 4) is 17.0 Å². The van der Waals surface area contributed by atoms with Gasteiger partial charge in [-0.2, -0.15) is 0 Å². The van der Waals surface area contributed by atoms with Crippen molar-refractivity contribution in [1.29, 1.82) is 0 Å². The molecule has 20 heavy (non-hydrogen) atoms. The molecule has 106 valence electrons. The number of nitrogens with two attached hydrogens (primary N) is 1. The van der Waals surface area contributed by atoms with Gasteiger partial charge in [-0.05, 0) is 37.0 Å². The van der Waals surface area contributed by atoms with Gasteiger partial charge in [-0.3, -0.25) is 9.79 Å². The molecule has 3 rings (SSSR count). The van der Waals surface area contributed by atoms with Crippen LogP contribution in [0.15, 0.2) is 18.2 Å². The standard InChI is InChI=1S/C12H13N2O4PS/c13-12-14-11-9-6-8(18-19(15,16)17)5-4-7(9)2-1-3-10(11)20-12/h4-6H,1-3H2,(H2,13,14)(H2,15,16,17). The second-order valence-corrected chi connectivity index (χ2v) is 6.86. The van der Waals surface area contributed by atoms with Crippen LogP contribution >= 0.6 is 19.2 Å². The van der Waals surface area contributed by atoms with E-state index in [2.05, 4.69) is 9.51 Å². The van der Waals surface area contributed by atoms with Crippen LogP contribution in [-0.2, 0) is 17.4 Å². The molecule has 8 heteroatoms. The zero-order valence-corrected chi connectivity index (χ0v) is 12.2.